The second-order valence-corrected chi connectivity index (χ2v) is 8.02. The lowest BCUT2D eigenvalue weighted by Crippen LogP contribution is -2.18. The predicted octanol–water partition coefficient (Wildman–Crippen LogP) is 4.68. The number of nitrogen functional groups attached to an aromatic ring is 2. The number of nitrogens with two attached hydrogens (primary N) is 2. The first-order valence-electron chi connectivity index (χ1n) is 10.6. The van der Waals surface area contributed by atoms with Crippen molar-refractivity contribution in [2.75, 3.05) is 23.8 Å². The molecule has 0 amide bonds. The van der Waals surface area contributed by atoms with Gasteiger partial charge in [-0.2, -0.15) is 5.26 Å². The van der Waals surface area contributed by atoms with Gasteiger partial charge in [0.15, 0.2) is 0 Å². The van der Waals surface area contributed by atoms with Crippen molar-refractivity contribution in [1.29, 1.82) is 10.7 Å². The number of nitrogens with zero attached hydrogens (tertiary/aromatic N) is 2. The zero-order valence-electron chi connectivity index (χ0n) is 18.0. The molecule has 6 heteroatoms. The van der Waals surface area contributed by atoms with E-state index in [9.17, 15) is 5.26 Å². The van der Waals surface area contributed by atoms with Crippen LogP contribution in [0.4, 0.5) is 17.1 Å². The van der Waals surface area contributed by atoms with Crippen LogP contribution in [0.25, 0.3) is 0 Å². The topological polar surface area (TPSA) is 124 Å². The molecule has 0 fully saturated rings. The smallest absolute Gasteiger partial charge is 0.0991 e. The minimum atomic E-state index is 0.153. The van der Waals surface area contributed by atoms with Crippen LogP contribution < -0.4 is 16.8 Å². The van der Waals surface area contributed by atoms with E-state index in [0.717, 1.165) is 30.5 Å². The molecule has 32 heavy (non-hydrogen) atoms. The molecular weight excluding hydrogens is 396 g/mol. The number of rotatable bonds is 5. The van der Waals surface area contributed by atoms with Crippen molar-refractivity contribution in [3.8, 4) is 6.07 Å². The Balaban J connectivity index is 1.61. The van der Waals surface area contributed by atoms with Crippen molar-refractivity contribution in [3.63, 3.8) is 0 Å². The van der Waals surface area contributed by atoms with Gasteiger partial charge in [0.1, 0.15) is 0 Å². The fourth-order valence-corrected chi connectivity index (χ4v) is 4.24. The van der Waals surface area contributed by atoms with E-state index in [1.165, 1.54) is 11.1 Å². The summed E-state index contributed by atoms with van der Waals surface area (Å²) in [6.07, 6.45) is 4.75. The van der Waals surface area contributed by atoms with E-state index in [-0.39, 0.29) is 6.04 Å². The second-order valence-electron chi connectivity index (χ2n) is 8.02. The molecule has 0 saturated heterocycles. The van der Waals surface area contributed by atoms with Gasteiger partial charge in [-0.25, -0.2) is 0 Å². The van der Waals surface area contributed by atoms with Crippen LogP contribution in [0, 0.1) is 16.7 Å². The van der Waals surface area contributed by atoms with Crippen molar-refractivity contribution < 1.29 is 0 Å². The highest BCUT2D eigenvalue weighted by molar-refractivity contribution is 6.15. The molecule has 0 bridgehead atoms. The summed E-state index contributed by atoms with van der Waals surface area (Å²) in [4.78, 5) is 4.00. The molecule has 0 heterocycles. The third kappa shape index (κ3) is 4.19. The zero-order valence-corrected chi connectivity index (χ0v) is 18.0. The first-order chi connectivity index (χ1) is 15.5. The van der Waals surface area contributed by atoms with Gasteiger partial charge in [-0.1, -0.05) is 18.2 Å². The Morgan fingerprint density at radius 3 is 2.72 bits per heavy atom. The maximum absolute atomic E-state index is 9.19. The monoisotopic (exact) mass is 422 g/mol. The van der Waals surface area contributed by atoms with Crippen molar-refractivity contribution in [2.24, 2.45) is 4.99 Å². The van der Waals surface area contributed by atoms with Crippen LogP contribution in [0.1, 0.15) is 52.3 Å². The van der Waals surface area contributed by atoms with Crippen LogP contribution in [0.15, 0.2) is 59.6 Å². The summed E-state index contributed by atoms with van der Waals surface area (Å²) >= 11 is 0. The summed E-state index contributed by atoms with van der Waals surface area (Å²) in [6.45, 7) is 0. The van der Waals surface area contributed by atoms with Gasteiger partial charge in [-0.3, -0.25) is 10.4 Å². The van der Waals surface area contributed by atoms with Gasteiger partial charge in [0.2, 0.25) is 0 Å². The first-order valence-corrected chi connectivity index (χ1v) is 10.6. The maximum Gasteiger partial charge on any atom is 0.0991 e. The molecule has 0 aromatic heterocycles. The lowest BCUT2D eigenvalue weighted by Gasteiger charge is -2.28. The highest BCUT2D eigenvalue weighted by Gasteiger charge is 2.21. The van der Waals surface area contributed by atoms with Gasteiger partial charge in [-0.15, -0.1) is 0 Å². The lowest BCUT2D eigenvalue weighted by atomic mass is 9.86. The van der Waals surface area contributed by atoms with E-state index in [4.69, 9.17) is 16.9 Å². The minimum absolute atomic E-state index is 0.153. The first kappa shape index (κ1) is 21.1. The molecule has 1 unspecified atom stereocenters. The Morgan fingerprint density at radius 2 is 1.97 bits per heavy atom. The van der Waals surface area contributed by atoms with E-state index < -0.39 is 0 Å². The highest BCUT2D eigenvalue weighted by Crippen LogP contribution is 2.34. The third-order valence-corrected chi connectivity index (χ3v) is 5.89. The summed E-state index contributed by atoms with van der Waals surface area (Å²) < 4.78 is 0. The fraction of sp³-hybridized carbons (Fsp3) is 0.192. The highest BCUT2D eigenvalue weighted by atomic mass is 14.9. The van der Waals surface area contributed by atoms with Crippen molar-refractivity contribution in [3.05, 3.63) is 88.0 Å². The molecule has 0 aliphatic heterocycles. The minimum Gasteiger partial charge on any atom is -0.398 e. The molecule has 3 aromatic carbocycles. The Bertz CT molecular complexity index is 1250. The average molecular weight is 423 g/mol. The standard InChI is InChI=1S/C26H26N6/c1-31-15-19-7-6-18(12-24(19)29)26(30)22-13-20(8-10-23(22)28)32-25-4-2-3-17-11-16(14-27)5-9-21(17)25/h5-13,15,25,30,32H,2-4,28-29H2,1H3. The number of benzene rings is 3. The van der Waals surface area contributed by atoms with Crippen molar-refractivity contribution in [2.45, 2.75) is 25.3 Å². The van der Waals surface area contributed by atoms with E-state index in [1.54, 1.807) is 19.3 Å². The molecule has 0 spiro atoms. The SMILES string of the molecule is CN=Cc1ccc(C(=N)c2cc(NC3CCCc4cc(C#N)ccc43)ccc2N)cc1N. The van der Waals surface area contributed by atoms with E-state index >= 15 is 0 Å². The third-order valence-electron chi connectivity index (χ3n) is 5.89. The average Bonchev–Trinajstić information content (AvgIpc) is 2.81. The summed E-state index contributed by atoms with van der Waals surface area (Å²) in [7, 11) is 1.70. The zero-order chi connectivity index (χ0) is 22.7. The van der Waals surface area contributed by atoms with Crippen molar-refractivity contribution >= 4 is 29.0 Å². The van der Waals surface area contributed by atoms with Crippen LogP contribution in [0.5, 0.6) is 0 Å². The molecule has 4 rings (SSSR count). The van der Waals surface area contributed by atoms with Crippen LogP contribution in [0.2, 0.25) is 0 Å². The van der Waals surface area contributed by atoms with Gasteiger partial charge in [-0.05, 0) is 66.8 Å². The Hall–Kier alpha value is -4.11. The van der Waals surface area contributed by atoms with Gasteiger partial charge < -0.3 is 16.8 Å². The largest absolute Gasteiger partial charge is 0.398 e. The van der Waals surface area contributed by atoms with Gasteiger partial charge in [0.05, 0.1) is 23.4 Å². The van der Waals surface area contributed by atoms with Gasteiger partial charge in [0, 0.05) is 47.0 Å². The molecule has 0 saturated carbocycles. The van der Waals surface area contributed by atoms with E-state index in [0.29, 0.717) is 33.8 Å². The Kier molecular flexibility index (Phi) is 5.91. The van der Waals surface area contributed by atoms with Crippen LogP contribution in [-0.4, -0.2) is 19.0 Å². The molecule has 160 valence electrons. The van der Waals surface area contributed by atoms with Crippen LogP contribution >= 0.6 is 0 Å². The van der Waals surface area contributed by atoms with Gasteiger partial charge in [0.25, 0.3) is 0 Å². The Labute approximate surface area is 188 Å². The second kappa shape index (κ2) is 8.94. The summed E-state index contributed by atoms with van der Waals surface area (Å²) in [5.41, 5.74) is 20.0. The maximum atomic E-state index is 9.19. The number of anilines is 3. The molecule has 0 radical (unpaired) electrons. The molecule has 1 atom stereocenters. The molecule has 1 aliphatic carbocycles. The molecule has 1 aliphatic rings. The number of fused-ring (bicyclic) bond motifs is 1. The summed E-state index contributed by atoms with van der Waals surface area (Å²) in [5, 5.41) is 21.5. The number of aryl methyl sites for hydroxylation is 1. The predicted molar refractivity (Wildman–Crippen MR) is 132 cm³/mol. The van der Waals surface area contributed by atoms with E-state index in [2.05, 4.69) is 22.4 Å². The number of hydrogen-bond acceptors (Lipinski definition) is 6. The number of aliphatic imine (C=N–C) groups is 1. The fourth-order valence-electron chi connectivity index (χ4n) is 4.24. The number of hydrogen-bond donors (Lipinski definition) is 4. The molecule has 3 aromatic rings. The summed E-state index contributed by atoms with van der Waals surface area (Å²) in [6, 6.07) is 19.5. The quantitative estimate of drug-likeness (QED) is 0.352. The number of nitrogens with one attached hydrogen (secondary N) is 2. The van der Waals surface area contributed by atoms with Crippen LogP contribution in [0.3, 0.4) is 0 Å². The van der Waals surface area contributed by atoms with Gasteiger partial charge >= 0.3 is 0 Å². The Morgan fingerprint density at radius 1 is 1.12 bits per heavy atom. The molecule has 6 nitrogen and oxygen atoms in total. The van der Waals surface area contributed by atoms with Crippen molar-refractivity contribution in [1.82, 2.24) is 0 Å². The molecule has 6 N–H and O–H groups in total. The lowest BCUT2D eigenvalue weighted by molar-refractivity contribution is 0.600. The number of nitriles is 1. The van der Waals surface area contributed by atoms with Crippen LogP contribution in [-0.2, 0) is 6.42 Å². The normalized spacial score (nSPS) is 15.2. The van der Waals surface area contributed by atoms with E-state index in [1.807, 2.05) is 42.5 Å². The summed E-state index contributed by atoms with van der Waals surface area (Å²) in [5.74, 6) is 0. The molecular formula is C26H26N6.